The van der Waals surface area contributed by atoms with E-state index in [9.17, 15) is 21.6 Å². The van der Waals surface area contributed by atoms with Crippen LogP contribution in [0, 0.1) is 0 Å². The molecule has 22 heavy (non-hydrogen) atoms. The van der Waals surface area contributed by atoms with Crippen molar-refractivity contribution in [1.82, 2.24) is 4.72 Å². The summed E-state index contributed by atoms with van der Waals surface area (Å²) in [5.41, 5.74) is -1.07. The van der Waals surface area contributed by atoms with Crippen molar-refractivity contribution in [3.05, 3.63) is 51.2 Å². The van der Waals surface area contributed by atoms with E-state index in [2.05, 4.69) is 4.72 Å². The van der Waals surface area contributed by atoms with E-state index in [0.717, 1.165) is 17.0 Å². The summed E-state index contributed by atoms with van der Waals surface area (Å²) in [5.74, 6) is 0. The lowest BCUT2D eigenvalue weighted by Crippen LogP contribution is -2.27. The molecule has 120 valence electrons. The molecule has 2 aromatic rings. The monoisotopic (exact) mass is 369 g/mol. The van der Waals surface area contributed by atoms with Crippen LogP contribution in [0.4, 0.5) is 13.2 Å². The third kappa shape index (κ3) is 3.81. The number of rotatable bonds is 4. The highest BCUT2D eigenvalue weighted by molar-refractivity contribution is 7.89. The summed E-state index contributed by atoms with van der Waals surface area (Å²) in [7, 11) is -4.17. The summed E-state index contributed by atoms with van der Waals surface area (Å²) in [5, 5.41) is 1.51. The molecular weight excluding hydrogens is 359 g/mol. The fourth-order valence-electron chi connectivity index (χ4n) is 1.78. The Balaban J connectivity index is 2.37. The van der Waals surface area contributed by atoms with Gasteiger partial charge in [-0.15, -0.1) is 11.3 Å². The maximum Gasteiger partial charge on any atom is 0.416 e. The Bertz CT molecular complexity index is 758. The largest absolute Gasteiger partial charge is 0.416 e. The van der Waals surface area contributed by atoms with Gasteiger partial charge >= 0.3 is 6.18 Å². The summed E-state index contributed by atoms with van der Waals surface area (Å²) in [6.07, 6.45) is -4.64. The minimum Gasteiger partial charge on any atom is -0.207 e. The highest BCUT2D eigenvalue weighted by Crippen LogP contribution is 2.33. The van der Waals surface area contributed by atoms with Gasteiger partial charge in [0.15, 0.2) is 0 Å². The van der Waals surface area contributed by atoms with E-state index in [1.54, 1.807) is 24.4 Å². The highest BCUT2D eigenvalue weighted by Gasteiger charge is 2.33. The second-order valence-electron chi connectivity index (χ2n) is 4.50. The molecular formula is C13H11ClF3NO2S2. The minimum absolute atomic E-state index is 0.265. The maximum absolute atomic E-state index is 12.7. The molecule has 0 aliphatic carbocycles. The van der Waals surface area contributed by atoms with Crippen LogP contribution in [0.1, 0.15) is 23.4 Å². The molecule has 2 rings (SSSR count). The van der Waals surface area contributed by atoms with E-state index < -0.39 is 32.7 Å². The van der Waals surface area contributed by atoms with Gasteiger partial charge in [-0.05, 0) is 36.6 Å². The third-order valence-corrected chi connectivity index (χ3v) is 5.93. The van der Waals surface area contributed by atoms with Crippen molar-refractivity contribution < 1.29 is 21.6 Å². The van der Waals surface area contributed by atoms with Gasteiger partial charge < -0.3 is 0 Å². The highest BCUT2D eigenvalue weighted by atomic mass is 35.5. The van der Waals surface area contributed by atoms with Crippen molar-refractivity contribution in [2.45, 2.75) is 24.0 Å². The summed E-state index contributed by atoms with van der Waals surface area (Å²) < 4.78 is 65.0. The van der Waals surface area contributed by atoms with Crippen molar-refractivity contribution in [3.8, 4) is 0 Å². The van der Waals surface area contributed by atoms with E-state index in [-0.39, 0.29) is 5.02 Å². The molecule has 1 atom stereocenters. The molecule has 1 aromatic heterocycles. The molecule has 0 fully saturated rings. The molecule has 0 saturated carbocycles. The van der Waals surface area contributed by atoms with Crippen molar-refractivity contribution in [2.75, 3.05) is 0 Å². The molecule has 1 heterocycles. The standard InChI is InChI=1S/C13H11ClF3NO2S2/c1-8(11-3-2-6-21-11)18-22(19,20)12-7-9(13(15,16)17)4-5-10(12)14/h2-8,18H,1H3/t8-/m0/s1. The van der Waals surface area contributed by atoms with Crippen LogP contribution in [0.5, 0.6) is 0 Å². The Kier molecular flexibility index (Phi) is 4.86. The molecule has 0 saturated heterocycles. The predicted molar refractivity (Wildman–Crippen MR) is 79.5 cm³/mol. The summed E-state index contributed by atoms with van der Waals surface area (Å²) >= 11 is 7.09. The van der Waals surface area contributed by atoms with E-state index in [0.29, 0.717) is 6.07 Å². The van der Waals surface area contributed by atoms with Crippen molar-refractivity contribution in [3.63, 3.8) is 0 Å². The molecule has 0 bridgehead atoms. The number of benzene rings is 1. The second-order valence-corrected chi connectivity index (χ2v) is 7.57. The normalized spacial score (nSPS) is 14.0. The van der Waals surface area contributed by atoms with Crippen LogP contribution in [-0.2, 0) is 16.2 Å². The third-order valence-electron chi connectivity index (χ3n) is 2.85. The Morgan fingerprint density at radius 2 is 1.95 bits per heavy atom. The first-order valence-corrected chi connectivity index (χ1v) is 8.78. The molecule has 0 unspecified atom stereocenters. The second kappa shape index (κ2) is 6.19. The lowest BCUT2D eigenvalue weighted by molar-refractivity contribution is -0.137. The smallest absolute Gasteiger partial charge is 0.207 e. The number of halogens is 4. The van der Waals surface area contributed by atoms with Crippen molar-refractivity contribution in [2.24, 2.45) is 0 Å². The lowest BCUT2D eigenvalue weighted by Gasteiger charge is -2.15. The van der Waals surface area contributed by atoms with E-state index in [4.69, 9.17) is 11.6 Å². The average Bonchev–Trinajstić information content (AvgIpc) is 2.90. The van der Waals surface area contributed by atoms with Gasteiger partial charge in [-0.25, -0.2) is 13.1 Å². The van der Waals surface area contributed by atoms with Crippen molar-refractivity contribution >= 4 is 33.0 Å². The maximum atomic E-state index is 12.7. The number of thiophene rings is 1. The van der Waals surface area contributed by atoms with E-state index in [1.807, 2.05) is 0 Å². The van der Waals surface area contributed by atoms with Crippen LogP contribution in [0.15, 0.2) is 40.6 Å². The van der Waals surface area contributed by atoms with Crippen LogP contribution in [0.2, 0.25) is 5.02 Å². The topological polar surface area (TPSA) is 46.2 Å². The molecule has 0 amide bonds. The fraction of sp³-hybridized carbons (Fsp3) is 0.231. The zero-order valence-corrected chi connectivity index (χ0v) is 13.6. The number of alkyl halides is 3. The molecule has 0 aliphatic rings. The number of hydrogen-bond acceptors (Lipinski definition) is 3. The van der Waals surface area contributed by atoms with Crippen LogP contribution in [0.3, 0.4) is 0 Å². The van der Waals surface area contributed by atoms with Crippen LogP contribution in [-0.4, -0.2) is 8.42 Å². The molecule has 1 aromatic carbocycles. The fourth-order valence-corrected chi connectivity index (χ4v) is 4.34. The van der Waals surface area contributed by atoms with Crippen LogP contribution < -0.4 is 4.72 Å². The Labute approximate surface area is 134 Å². The summed E-state index contributed by atoms with van der Waals surface area (Å²) in [6, 6.07) is 5.11. The number of hydrogen-bond donors (Lipinski definition) is 1. The first-order valence-electron chi connectivity index (χ1n) is 6.04. The zero-order chi connectivity index (χ0) is 16.5. The predicted octanol–water partition coefficient (Wildman–Crippen LogP) is 4.46. The quantitative estimate of drug-likeness (QED) is 0.864. The van der Waals surface area contributed by atoms with Gasteiger partial charge in [0, 0.05) is 4.88 Å². The Morgan fingerprint density at radius 3 is 2.50 bits per heavy atom. The van der Waals surface area contributed by atoms with E-state index >= 15 is 0 Å². The van der Waals surface area contributed by atoms with Crippen LogP contribution in [0.25, 0.3) is 0 Å². The molecule has 0 spiro atoms. The average molecular weight is 370 g/mol. The lowest BCUT2D eigenvalue weighted by atomic mass is 10.2. The van der Waals surface area contributed by atoms with Gasteiger partial charge in [0.2, 0.25) is 10.0 Å². The molecule has 9 heteroatoms. The van der Waals surface area contributed by atoms with Gasteiger partial charge in [0.25, 0.3) is 0 Å². The summed E-state index contributed by atoms with van der Waals surface area (Å²) in [4.78, 5) is 0.152. The van der Waals surface area contributed by atoms with Gasteiger partial charge in [0.1, 0.15) is 4.90 Å². The first-order chi connectivity index (χ1) is 10.1. The number of nitrogens with one attached hydrogen (secondary N) is 1. The Morgan fingerprint density at radius 1 is 1.27 bits per heavy atom. The first kappa shape index (κ1) is 17.3. The molecule has 0 aliphatic heterocycles. The van der Waals surface area contributed by atoms with Gasteiger partial charge in [-0.1, -0.05) is 17.7 Å². The molecule has 0 radical (unpaired) electrons. The van der Waals surface area contributed by atoms with Gasteiger partial charge in [-0.2, -0.15) is 13.2 Å². The minimum atomic E-state index is -4.64. The Hall–Kier alpha value is -1.09. The van der Waals surface area contributed by atoms with Gasteiger partial charge in [-0.3, -0.25) is 0 Å². The number of sulfonamides is 1. The van der Waals surface area contributed by atoms with Crippen molar-refractivity contribution in [1.29, 1.82) is 0 Å². The van der Waals surface area contributed by atoms with Crippen LogP contribution >= 0.6 is 22.9 Å². The SMILES string of the molecule is C[C@H](NS(=O)(=O)c1cc(C(F)(F)F)ccc1Cl)c1cccs1. The van der Waals surface area contributed by atoms with Gasteiger partial charge in [0.05, 0.1) is 16.6 Å². The summed E-state index contributed by atoms with van der Waals surface area (Å²) in [6.45, 7) is 1.60. The van der Waals surface area contributed by atoms with E-state index in [1.165, 1.54) is 11.3 Å². The zero-order valence-electron chi connectivity index (χ0n) is 11.2. The molecule has 3 nitrogen and oxygen atoms in total. The molecule has 1 N–H and O–H groups in total.